The first-order valence-corrected chi connectivity index (χ1v) is 3.59. The first-order chi connectivity index (χ1) is 5.18. The number of ether oxygens (including phenoxy) is 1. The van der Waals surface area contributed by atoms with Gasteiger partial charge in [-0.25, -0.2) is 0 Å². The molecule has 1 aromatic heterocycles. The minimum Gasteiger partial charge on any atom is -0.369 e. The van der Waals surface area contributed by atoms with Gasteiger partial charge < -0.3 is 9.26 Å². The lowest BCUT2D eigenvalue weighted by molar-refractivity contribution is 0.0485. The van der Waals surface area contributed by atoms with Crippen LogP contribution in [0.5, 0.6) is 0 Å². The van der Waals surface area contributed by atoms with Crippen LogP contribution in [0.15, 0.2) is 4.52 Å². The lowest BCUT2D eigenvalue weighted by Crippen LogP contribution is -2.02. The Labute approximate surface area is 65.6 Å². The Morgan fingerprint density at radius 1 is 1.55 bits per heavy atom. The summed E-state index contributed by atoms with van der Waals surface area (Å²) in [6, 6.07) is 0. The summed E-state index contributed by atoms with van der Waals surface area (Å²) in [6.07, 6.45) is 0.196. The topological polar surface area (TPSA) is 48.2 Å². The first kappa shape index (κ1) is 8.20. The van der Waals surface area contributed by atoms with E-state index in [2.05, 4.69) is 10.1 Å². The number of rotatable bonds is 3. The van der Waals surface area contributed by atoms with Crippen molar-refractivity contribution in [3.63, 3.8) is 0 Å². The third-order valence-electron chi connectivity index (χ3n) is 1.11. The van der Waals surface area contributed by atoms with Gasteiger partial charge in [0.15, 0.2) is 5.82 Å². The van der Waals surface area contributed by atoms with Gasteiger partial charge in [0.2, 0.25) is 0 Å². The fourth-order valence-corrected chi connectivity index (χ4v) is 0.637. The average Bonchev–Trinajstić information content (AvgIpc) is 2.31. The molecule has 0 aliphatic carbocycles. The average molecular weight is 156 g/mol. The smallest absolute Gasteiger partial charge is 0.252 e. The van der Waals surface area contributed by atoms with Gasteiger partial charge in [-0.1, -0.05) is 5.16 Å². The molecule has 1 aromatic rings. The molecule has 0 spiro atoms. The molecule has 0 radical (unpaired) electrons. The standard InChI is InChI=1S/C7H12N2O2/c1-5(2)10-4-7-8-6(3)9-11-7/h5H,4H2,1-3H3. The third-order valence-corrected chi connectivity index (χ3v) is 1.11. The van der Waals surface area contributed by atoms with Gasteiger partial charge in [0.1, 0.15) is 6.61 Å². The van der Waals surface area contributed by atoms with Crippen LogP contribution < -0.4 is 0 Å². The summed E-state index contributed by atoms with van der Waals surface area (Å²) < 4.78 is 10.1. The number of aromatic nitrogens is 2. The van der Waals surface area contributed by atoms with E-state index in [0.29, 0.717) is 18.3 Å². The van der Waals surface area contributed by atoms with E-state index >= 15 is 0 Å². The van der Waals surface area contributed by atoms with E-state index in [1.165, 1.54) is 0 Å². The van der Waals surface area contributed by atoms with E-state index in [4.69, 9.17) is 9.26 Å². The molecule has 4 heteroatoms. The molecule has 0 atom stereocenters. The number of hydrogen-bond donors (Lipinski definition) is 0. The molecule has 1 rings (SSSR count). The monoisotopic (exact) mass is 156 g/mol. The van der Waals surface area contributed by atoms with Gasteiger partial charge in [-0.15, -0.1) is 0 Å². The van der Waals surface area contributed by atoms with Crippen molar-refractivity contribution in [2.24, 2.45) is 0 Å². The Morgan fingerprint density at radius 2 is 2.27 bits per heavy atom. The highest BCUT2D eigenvalue weighted by Gasteiger charge is 2.02. The Hall–Kier alpha value is -0.900. The summed E-state index contributed by atoms with van der Waals surface area (Å²) in [4.78, 5) is 3.98. The second kappa shape index (κ2) is 3.48. The molecule has 0 N–H and O–H groups in total. The van der Waals surface area contributed by atoms with Crippen LogP contribution in [0.4, 0.5) is 0 Å². The first-order valence-electron chi connectivity index (χ1n) is 3.59. The highest BCUT2D eigenvalue weighted by Crippen LogP contribution is 1.99. The van der Waals surface area contributed by atoms with Gasteiger partial charge in [-0.2, -0.15) is 4.98 Å². The van der Waals surface area contributed by atoms with E-state index in [1.54, 1.807) is 6.92 Å². The molecule has 0 amide bonds. The SMILES string of the molecule is Cc1noc(COC(C)C)n1. The molecule has 1 heterocycles. The van der Waals surface area contributed by atoms with Gasteiger partial charge in [0, 0.05) is 0 Å². The fraction of sp³-hybridized carbons (Fsp3) is 0.714. The zero-order valence-electron chi connectivity index (χ0n) is 7.00. The Kier molecular flexibility index (Phi) is 2.59. The quantitative estimate of drug-likeness (QED) is 0.661. The number of nitrogens with zero attached hydrogens (tertiary/aromatic N) is 2. The van der Waals surface area contributed by atoms with Crippen molar-refractivity contribution in [1.82, 2.24) is 10.1 Å². The van der Waals surface area contributed by atoms with E-state index in [1.807, 2.05) is 13.8 Å². The molecule has 0 saturated heterocycles. The normalized spacial score (nSPS) is 10.9. The van der Waals surface area contributed by atoms with Crippen LogP contribution >= 0.6 is 0 Å². The Bertz CT molecular complexity index is 220. The Balaban J connectivity index is 2.39. The van der Waals surface area contributed by atoms with Crippen molar-refractivity contribution >= 4 is 0 Å². The van der Waals surface area contributed by atoms with E-state index in [-0.39, 0.29) is 6.10 Å². The van der Waals surface area contributed by atoms with Crippen molar-refractivity contribution in [2.75, 3.05) is 0 Å². The summed E-state index contributed by atoms with van der Waals surface area (Å²) in [5.74, 6) is 1.18. The minimum absolute atomic E-state index is 0.196. The lowest BCUT2D eigenvalue weighted by Gasteiger charge is -2.02. The largest absolute Gasteiger partial charge is 0.369 e. The predicted molar refractivity (Wildman–Crippen MR) is 39.0 cm³/mol. The molecular weight excluding hydrogens is 144 g/mol. The molecule has 0 aromatic carbocycles. The van der Waals surface area contributed by atoms with Gasteiger partial charge in [0.25, 0.3) is 5.89 Å². The molecule has 0 unspecified atom stereocenters. The van der Waals surface area contributed by atoms with E-state index < -0.39 is 0 Å². The molecule has 0 fully saturated rings. The zero-order chi connectivity index (χ0) is 8.27. The Morgan fingerprint density at radius 3 is 2.73 bits per heavy atom. The summed E-state index contributed by atoms with van der Waals surface area (Å²) in [5.41, 5.74) is 0. The van der Waals surface area contributed by atoms with Crippen LogP contribution in [0.2, 0.25) is 0 Å². The summed E-state index contributed by atoms with van der Waals surface area (Å²) in [7, 11) is 0. The highest BCUT2D eigenvalue weighted by atomic mass is 16.5. The molecule has 4 nitrogen and oxygen atoms in total. The van der Waals surface area contributed by atoms with Gasteiger partial charge in [0.05, 0.1) is 6.10 Å². The van der Waals surface area contributed by atoms with Crippen molar-refractivity contribution in [3.05, 3.63) is 11.7 Å². The number of hydrogen-bond acceptors (Lipinski definition) is 4. The zero-order valence-corrected chi connectivity index (χ0v) is 7.00. The van der Waals surface area contributed by atoms with Crippen molar-refractivity contribution in [3.8, 4) is 0 Å². The van der Waals surface area contributed by atoms with Crippen LogP contribution in [0.1, 0.15) is 25.6 Å². The summed E-state index contributed by atoms with van der Waals surface area (Å²) >= 11 is 0. The maximum Gasteiger partial charge on any atom is 0.252 e. The lowest BCUT2D eigenvalue weighted by atomic mass is 10.5. The number of aryl methyl sites for hydroxylation is 1. The molecule has 0 aliphatic heterocycles. The summed E-state index contributed by atoms with van der Waals surface area (Å²) in [6.45, 7) is 6.10. The van der Waals surface area contributed by atoms with Crippen molar-refractivity contribution in [1.29, 1.82) is 0 Å². The molecule has 0 saturated carbocycles. The van der Waals surface area contributed by atoms with Gasteiger partial charge in [-0.05, 0) is 20.8 Å². The maximum atomic E-state index is 5.24. The van der Waals surface area contributed by atoms with Gasteiger partial charge >= 0.3 is 0 Å². The predicted octanol–water partition coefficient (Wildman–Crippen LogP) is 1.30. The van der Waals surface area contributed by atoms with Crippen molar-refractivity contribution < 1.29 is 9.26 Å². The van der Waals surface area contributed by atoms with Crippen LogP contribution in [0, 0.1) is 6.92 Å². The third kappa shape index (κ3) is 2.67. The molecule has 0 bridgehead atoms. The molecular formula is C7H12N2O2. The van der Waals surface area contributed by atoms with Crippen LogP contribution in [0.25, 0.3) is 0 Å². The van der Waals surface area contributed by atoms with Crippen molar-refractivity contribution in [2.45, 2.75) is 33.5 Å². The van der Waals surface area contributed by atoms with Crippen LogP contribution in [-0.2, 0) is 11.3 Å². The van der Waals surface area contributed by atoms with Gasteiger partial charge in [-0.3, -0.25) is 0 Å². The fourth-order valence-electron chi connectivity index (χ4n) is 0.637. The molecule has 11 heavy (non-hydrogen) atoms. The molecule has 62 valence electrons. The second-order valence-electron chi connectivity index (χ2n) is 2.60. The molecule has 0 aliphatic rings. The summed E-state index contributed by atoms with van der Waals surface area (Å²) in [5, 5.41) is 3.63. The van der Waals surface area contributed by atoms with E-state index in [9.17, 15) is 0 Å². The van der Waals surface area contributed by atoms with E-state index in [0.717, 1.165) is 0 Å². The minimum atomic E-state index is 0.196. The maximum absolute atomic E-state index is 5.24. The van der Waals surface area contributed by atoms with Crippen LogP contribution in [0.3, 0.4) is 0 Å². The van der Waals surface area contributed by atoms with Crippen LogP contribution in [-0.4, -0.2) is 16.2 Å². The highest BCUT2D eigenvalue weighted by molar-refractivity contribution is 4.79. The second-order valence-corrected chi connectivity index (χ2v) is 2.60.